The Kier molecular flexibility index (Phi) is 6.85. The number of ether oxygens (including phenoxy) is 1. The fourth-order valence-electron chi connectivity index (χ4n) is 1.69. The molecule has 0 aliphatic heterocycles. The molecule has 0 aliphatic rings. The summed E-state index contributed by atoms with van der Waals surface area (Å²) in [6.07, 6.45) is -0.827. The highest BCUT2D eigenvalue weighted by atomic mass is 16.6. The smallest absolute Gasteiger partial charge is 0.338 e. The molecule has 6 nitrogen and oxygen atoms in total. The van der Waals surface area contributed by atoms with Gasteiger partial charge in [-0.2, -0.15) is 0 Å². The van der Waals surface area contributed by atoms with Crippen LogP contribution in [0.3, 0.4) is 0 Å². The summed E-state index contributed by atoms with van der Waals surface area (Å²) in [7, 11) is 0. The van der Waals surface area contributed by atoms with Gasteiger partial charge in [0, 0.05) is 0 Å². The molecular formula is C14H25NO5. The summed E-state index contributed by atoms with van der Waals surface area (Å²) in [6.45, 7) is 9.51. The van der Waals surface area contributed by atoms with E-state index in [9.17, 15) is 19.5 Å². The zero-order chi connectivity index (χ0) is 16.1. The van der Waals surface area contributed by atoms with Crippen LogP contribution in [0.2, 0.25) is 0 Å². The van der Waals surface area contributed by atoms with Crippen molar-refractivity contribution in [3.63, 3.8) is 0 Å². The standard InChI is InChI=1S/C14H25NO5/c1-8(2)12(10(5)16)15-11(17)7-14(6,19)13(18)20-9(3)4/h8-9,12,19H,7H2,1-6H3,(H,15,17)/t12?,14-/m0/s1. The predicted octanol–water partition coefficient (Wildman–Crippen LogP) is 0.809. The lowest BCUT2D eigenvalue weighted by molar-refractivity contribution is -0.170. The second-order valence-corrected chi connectivity index (χ2v) is 5.80. The first-order valence-electron chi connectivity index (χ1n) is 6.70. The Labute approximate surface area is 119 Å². The number of nitrogens with one attached hydrogen (secondary N) is 1. The number of Topliss-reactive ketones (excluding diaryl/α,β-unsaturated/α-hetero) is 1. The first-order chi connectivity index (χ1) is 8.97. The largest absolute Gasteiger partial charge is 0.461 e. The molecule has 0 rings (SSSR count). The maximum Gasteiger partial charge on any atom is 0.338 e. The van der Waals surface area contributed by atoms with Gasteiger partial charge in [-0.25, -0.2) is 4.79 Å². The van der Waals surface area contributed by atoms with E-state index in [1.165, 1.54) is 13.8 Å². The van der Waals surface area contributed by atoms with Crippen LogP contribution in [0.4, 0.5) is 0 Å². The van der Waals surface area contributed by atoms with Crippen molar-refractivity contribution in [2.24, 2.45) is 5.92 Å². The normalized spacial score (nSPS) is 15.7. The van der Waals surface area contributed by atoms with Gasteiger partial charge in [-0.1, -0.05) is 13.8 Å². The minimum absolute atomic E-state index is 0.0657. The van der Waals surface area contributed by atoms with Crippen molar-refractivity contribution in [3.05, 3.63) is 0 Å². The molecule has 2 atom stereocenters. The molecular weight excluding hydrogens is 262 g/mol. The van der Waals surface area contributed by atoms with Gasteiger partial charge < -0.3 is 15.2 Å². The molecule has 0 fully saturated rings. The fourth-order valence-corrected chi connectivity index (χ4v) is 1.69. The van der Waals surface area contributed by atoms with E-state index in [0.717, 1.165) is 0 Å². The zero-order valence-electron chi connectivity index (χ0n) is 13.0. The number of ketones is 1. The van der Waals surface area contributed by atoms with Crippen molar-refractivity contribution >= 4 is 17.7 Å². The number of carbonyl (C=O) groups is 3. The van der Waals surface area contributed by atoms with Gasteiger partial charge >= 0.3 is 5.97 Å². The maximum atomic E-state index is 11.8. The van der Waals surface area contributed by atoms with Crippen LogP contribution in [0.1, 0.15) is 48.0 Å². The van der Waals surface area contributed by atoms with Crippen molar-refractivity contribution in [1.82, 2.24) is 5.32 Å². The molecule has 20 heavy (non-hydrogen) atoms. The second kappa shape index (κ2) is 7.38. The minimum atomic E-state index is -1.91. The minimum Gasteiger partial charge on any atom is -0.461 e. The third-order valence-electron chi connectivity index (χ3n) is 2.71. The van der Waals surface area contributed by atoms with Crippen molar-refractivity contribution in [3.8, 4) is 0 Å². The molecule has 1 amide bonds. The highest BCUT2D eigenvalue weighted by molar-refractivity contribution is 5.91. The third-order valence-corrected chi connectivity index (χ3v) is 2.71. The van der Waals surface area contributed by atoms with E-state index >= 15 is 0 Å². The monoisotopic (exact) mass is 287 g/mol. The van der Waals surface area contributed by atoms with E-state index in [4.69, 9.17) is 4.74 Å². The van der Waals surface area contributed by atoms with Gasteiger partial charge in [0.1, 0.15) is 0 Å². The Morgan fingerprint density at radius 2 is 1.70 bits per heavy atom. The number of amides is 1. The molecule has 0 aromatic carbocycles. The van der Waals surface area contributed by atoms with E-state index in [-0.39, 0.29) is 17.8 Å². The molecule has 6 heteroatoms. The lowest BCUT2D eigenvalue weighted by atomic mass is 9.98. The van der Waals surface area contributed by atoms with Crippen molar-refractivity contribution in [2.75, 3.05) is 0 Å². The first kappa shape index (κ1) is 18.6. The molecule has 1 unspecified atom stereocenters. The second-order valence-electron chi connectivity index (χ2n) is 5.80. The van der Waals surface area contributed by atoms with Gasteiger partial charge in [0.2, 0.25) is 5.91 Å². The molecule has 0 aliphatic carbocycles. The number of hydrogen-bond donors (Lipinski definition) is 2. The van der Waals surface area contributed by atoms with Crippen LogP contribution < -0.4 is 5.32 Å². The Hall–Kier alpha value is -1.43. The first-order valence-corrected chi connectivity index (χ1v) is 6.70. The van der Waals surface area contributed by atoms with Crippen LogP contribution in [0, 0.1) is 5.92 Å². The summed E-state index contributed by atoms with van der Waals surface area (Å²) in [5.74, 6) is -1.65. The molecule has 0 saturated heterocycles. The summed E-state index contributed by atoms with van der Waals surface area (Å²) in [4.78, 5) is 34.9. The SMILES string of the molecule is CC(=O)C(NC(=O)C[C@](C)(O)C(=O)OC(C)C)C(C)C. The lowest BCUT2D eigenvalue weighted by Crippen LogP contribution is -2.48. The maximum absolute atomic E-state index is 11.8. The van der Waals surface area contributed by atoms with Crippen LogP contribution in [-0.4, -0.2) is 40.5 Å². The zero-order valence-corrected chi connectivity index (χ0v) is 13.0. The van der Waals surface area contributed by atoms with Gasteiger partial charge in [0.15, 0.2) is 11.4 Å². The molecule has 0 saturated carbocycles. The molecule has 0 spiro atoms. The van der Waals surface area contributed by atoms with Crippen molar-refractivity contribution < 1.29 is 24.2 Å². The number of aliphatic hydroxyl groups is 1. The number of carbonyl (C=O) groups excluding carboxylic acids is 3. The van der Waals surface area contributed by atoms with Gasteiger partial charge in [-0.15, -0.1) is 0 Å². The van der Waals surface area contributed by atoms with Gasteiger partial charge in [-0.3, -0.25) is 9.59 Å². The molecule has 0 heterocycles. The topological polar surface area (TPSA) is 92.7 Å². The number of hydrogen-bond acceptors (Lipinski definition) is 5. The van der Waals surface area contributed by atoms with Gasteiger partial charge in [-0.05, 0) is 33.6 Å². The average Bonchev–Trinajstić information content (AvgIpc) is 2.23. The Bertz CT molecular complexity index is 374. The lowest BCUT2D eigenvalue weighted by Gasteiger charge is -2.24. The summed E-state index contributed by atoms with van der Waals surface area (Å²) < 4.78 is 4.88. The molecule has 0 aromatic heterocycles. The highest BCUT2D eigenvalue weighted by Crippen LogP contribution is 2.14. The van der Waals surface area contributed by atoms with Crippen LogP contribution >= 0.6 is 0 Å². The predicted molar refractivity (Wildman–Crippen MR) is 73.9 cm³/mol. The van der Waals surface area contributed by atoms with Crippen molar-refractivity contribution in [2.45, 2.75) is 65.7 Å². The van der Waals surface area contributed by atoms with Gasteiger partial charge in [0.05, 0.1) is 18.6 Å². The Morgan fingerprint density at radius 3 is 2.05 bits per heavy atom. The van der Waals surface area contributed by atoms with Crippen LogP contribution in [0.15, 0.2) is 0 Å². The summed E-state index contributed by atoms with van der Waals surface area (Å²) in [5, 5.41) is 12.5. The quantitative estimate of drug-likeness (QED) is 0.676. The van der Waals surface area contributed by atoms with E-state index in [1.54, 1.807) is 27.7 Å². The molecule has 0 radical (unpaired) electrons. The average molecular weight is 287 g/mol. The molecule has 0 bridgehead atoms. The van der Waals surface area contributed by atoms with Crippen molar-refractivity contribution in [1.29, 1.82) is 0 Å². The van der Waals surface area contributed by atoms with E-state index in [0.29, 0.717) is 0 Å². The summed E-state index contributed by atoms with van der Waals surface area (Å²) in [6, 6.07) is -0.626. The molecule has 0 aromatic rings. The molecule has 116 valence electrons. The summed E-state index contributed by atoms with van der Waals surface area (Å²) >= 11 is 0. The van der Waals surface area contributed by atoms with Crippen LogP contribution in [-0.2, 0) is 19.1 Å². The highest BCUT2D eigenvalue weighted by Gasteiger charge is 2.36. The van der Waals surface area contributed by atoms with E-state index in [1.807, 2.05) is 0 Å². The third kappa shape index (κ3) is 6.14. The van der Waals surface area contributed by atoms with E-state index < -0.39 is 29.9 Å². The van der Waals surface area contributed by atoms with Gasteiger partial charge in [0.25, 0.3) is 0 Å². The fraction of sp³-hybridized carbons (Fsp3) is 0.786. The van der Waals surface area contributed by atoms with Crippen LogP contribution in [0.25, 0.3) is 0 Å². The van der Waals surface area contributed by atoms with Crippen LogP contribution in [0.5, 0.6) is 0 Å². The Balaban J connectivity index is 4.66. The molecule has 2 N–H and O–H groups in total. The Morgan fingerprint density at radius 1 is 1.20 bits per heavy atom. The number of esters is 1. The van der Waals surface area contributed by atoms with E-state index in [2.05, 4.69) is 5.32 Å². The summed E-state index contributed by atoms with van der Waals surface area (Å²) in [5.41, 5.74) is -1.91. The number of rotatable bonds is 7.